The van der Waals surface area contributed by atoms with Crippen LogP contribution in [-0.4, -0.2) is 36.5 Å². The molecule has 0 saturated carbocycles. The molecule has 3 N–H and O–H groups in total. The molecule has 1 heterocycles. The molecule has 0 aromatic heterocycles. The third kappa shape index (κ3) is 4.49. The van der Waals surface area contributed by atoms with Gasteiger partial charge >= 0.3 is 0 Å². The highest BCUT2D eigenvalue weighted by atomic mass is 16.2. The van der Waals surface area contributed by atoms with Crippen LogP contribution < -0.4 is 16.0 Å². The van der Waals surface area contributed by atoms with E-state index in [2.05, 4.69) is 16.0 Å². The highest BCUT2D eigenvalue weighted by molar-refractivity contribution is 5.87. The lowest BCUT2D eigenvalue weighted by Gasteiger charge is -2.26. The van der Waals surface area contributed by atoms with E-state index in [4.69, 9.17) is 0 Å². The van der Waals surface area contributed by atoms with Gasteiger partial charge in [-0.15, -0.1) is 0 Å². The number of nitrogens with one attached hydrogen (secondary N) is 3. The molecule has 1 aliphatic rings. The van der Waals surface area contributed by atoms with E-state index in [-0.39, 0.29) is 17.9 Å². The van der Waals surface area contributed by atoms with Crippen LogP contribution in [0.1, 0.15) is 52.9 Å². The lowest BCUT2D eigenvalue weighted by Crippen LogP contribution is -2.53. The lowest BCUT2D eigenvalue weighted by atomic mass is 9.93. The maximum atomic E-state index is 12.2. The van der Waals surface area contributed by atoms with Gasteiger partial charge in [0.15, 0.2) is 0 Å². The van der Waals surface area contributed by atoms with E-state index in [1.54, 1.807) is 0 Å². The quantitative estimate of drug-likeness (QED) is 0.644. The average Bonchev–Trinajstić information content (AvgIpc) is 2.88. The zero-order valence-corrected chi connectivity index (χ0v) is 12.3. The van der Waals surface area contributed by atoms with E-state index >= 15 is 0 Å². The topological polar surface area (TPSA) is 70.2 Å². The number of rotatable bonds is 7. The Bertz CT molecular complexity index is 312. The van der Waals surface area contributed by atoms with Gasteiger partial charge in [0.05, 0.1) is 5.54 Å². The molecule has 0 aromatic carbocycles. The number of carbonyl (C=O) groups is 2. The smallest absolute Gasteiger partial charge is 0.240 e. The van der Waals surface area contributed by atoms with Crippen molar-refractivity contribution in [3.63, 3.8) is 0 Å². The molecule has 19 heavy (non-hydrogen) atoms. The molecule has 1 fully saturated rings. The summed E-state index contributed by atoms with van der Waals surface area (Å²) in [5, 5.41) is 9.05. The summed E-state index contributed by atoms with van der Waals surface area (Å²) in [6.45, 7) is 7.34. The van der Waals surface area contributed by atoms with Gasteiger partial charge in [-0.25, -0.2) is 0 Å². The fourth-order valence-electron chi connectivity index (χ4n) is 2.37. The Morgan fingerprint density at radius 2 is 2.11 bits per heavy atom. The van der Waals surface area contributed by atoms with E-state index in [1.807, 2.05) is 20.8 Å². The number of hydrogen-bond donors (Lipinski definition) is 3. The maximum Gasteiger partial charge on any atom is 0.240 e. The molecule has 0 radical (unpaired) electrons. The molecule has 1 rings (SSSR count). The molecular weight excluding hydrogens is 242 g/mol. The summed E-state index contributed by atoms with van der Waals surface area (Å²) in [5.41, 5.74) is -0.410. The third-order valence-corrected chi connectivity index (χ3v) is 3.94. The van der Waals surface area contributed by atoms with E-state index in [0.717, 1.165) is 32.2 Å². The first-order valence-corrected chi connectivity index (χ1v) is 7.36. The molecule has 2 unspecified atom stereocenters. The van der Waals surface area contributed by atoms with Crippen LogP contribution in [0.15, 0.2) is 0 Å². The second-order valence-corrected chi connectivity index (χ2v) is 5.35. The van der Waals surface area contributed by atoms with Gasteiger partial charge in [-0.1, -0.05) is 13.8 Å². The molecule has 0 bridgehead atoms. The zero-order valence-electron chi connectivity index (χ0n) is 12.3. The van der Waals surface area contributed by atoms with Crippen LogP contribution in [0.5, 0.6) is 0 Å². The van der Waals surface area contributed by atoms with Gasteiger partial charge in [-0.2, -0.15) is 0 Å². The Morgan fingerprint density at radius 3 is 2.63 bits per heavy atom. The van der Waals surface area contributed by atoms with Gasteiger partial charge in [-0.05, 0) is 39.2 Å². The van der Waals surface area contributed by atoms with Crippen molar-refractivity contribution in [2.75, 3.05) is 13.1 Å². The SMILES string of the molecule is CCC(C)NC(=O)CCNC(=O)C1(CC)CCCN1. The van der Waals surface area contributed by atoms with Crippen LogP contribution in [0.3, 0.4) is 0 Å². The zero-order chi connectivity index (χ0) is 14.3. The van der Waals surface area contributed by atoms with Gasteiger partial charge in [-0.3, -0.25) is 9.59 Å². The molecule has 0 aliphatic carbocycles. The van der Waals surface area contributed by atoms with Crippen LogP contribution in [0, 0.1) is 0 Å². The Hall–Kier alpha value is -1.10. The van der Waals surface area contributed by atoms with Crippen molar-refractivity contribution in [2.24, 2.45) is 0 Å². The molecule has 5 nitrogen and oxygen atoms in total. The minimum absolute atomic E-state index is 0.000389. The number of carbonyl (C=O) groups excluding carboxylic acids is 2. The first-order chi connectivity index (χ1) is 9.04. The molecule has 2 amide bonds. The van der Waals surface area contributed by atoms with Crippen LogP contribution in [0.2, 0.25) is 0 Å². The predicted octanol–water partition coefficient (Wildman–Crippen LogP) is 0.940. The maximum absolute atomic E-state index is 12.2. The van der Waals surface area contributed by atoms with E-state index in [1.165, 1.54) is 0 Å². The summed E-state index contributed by atoms with van der Waals surface area (Å²) in [4.78, 5) is 23.7. The Balaban J connectivity index is 2.28. The Morgan fingerprint density at radius 1 is 1.37 bits per heavy atom. The van der Waals surface area contributed by atoms with Crippen molar-refractivity contribution >= 4 is 11.8 Å². The van der Waals surface area contributed by atoms with E-state index in [9.17, 15) is 9.59 Å². The summed E-state index contributed by atoms with van der Waals surface area (Å²) in [6, 6.07) is 0.196. The Labute approximate surface area is 115 Å². The Kier molecular flexibility index (Phi) is 6.28. The molecular formula is C14H27N3O2. The largest absolute Gasteiger partial charge is 0.354 e. The molecule has 1 saturated heterocycles. The second-order valence-electron chi connectivity index (χ2n) is 5.35. The summed E-state index contributed by atoms with van der Waals surface area (Å²) < 4.78 is 0. The molecule has 5 heteroatoms. The first-order valence-electron chi connectivity index (χ1n) is 7.36. The van der Waals surface area contributed by atoms with E-state index in [0.29, 0.717) is 13.0 Å². The highest BCUT2D eigenvalue weighted by Gasteiger charge is 2.38. The van der Waals surface area contributed by atoms with Gasteiger partial charge in [0.1, 0.15) is 0 Å². The minimum atomic E-state index is -0.410. The second kappa shape index (κ2) is 7.48. The molecule has 1 aliphatic heterocycles. The standard InChI is InChI=1S/C14H27N3O2/c1-4-11(3)17-12(18)7-10-15-13(19)14(5-2)8-6-9-16-14/h11,16H,4-10H2,1-3H3,(H,15,19)(H,17,18). The van der Waals surface area contributed by atoms with E-state index < -0.39 is 5.54 Å². The first kappa shape index (κ1) is 16.0. The summed E-state index contributed by atoms with van der Waals surface area (Å²) >= 11 is 0. The predicted molar refractivity (Wildman–Crippen MR) is 75.8 cm³/mol. The summed E-state index contributed by atoms with van der Waals surface area (Å²) in [7, 11) is 0. The van der Waals surface area contributed by atoms with Crippen LogP contribution in [0.4, 0.5) is 0 Å². The normalized spacial score (nSPS) is 23.9. The summed E-state index contributed by atoms with van der Waals surface area (Å²) in [6.07, 6.45) is 3.97. The monoisotopic (exact) mass is 269 g/mol. The van der Waals surface area contributed by atoms with Gasteiger partial charge in [0, 0.05) is 19.0 Å². The van der Waals surface area contributed by atoms with Crippen molar-refractivity contribution in [3.05, 3.63) is 0 Å². The van der Waals surface area contributed by atoms with Gasteiger partial charge in [0.25, 0.3) is 0 Å². The van der Waals surface area contributed by atoms with Crippen molar-refractivity contribution < 1.29 is 9.59 Å². The van der Waals surface area contributed by atoms with Crippen molar-refractivity contribution in [3.8, 4) is 0 Å². The fraction of sp³-hybridized carbons (Fsp3) is 0.857. The fourth-order valence-corrected chi connectivity index (χ4v) is 2.37. The molecule has 110 valence electrons. The number of hydrogen-bond acceptors (Lipinski definition) is 3. The lowest BCUT2D eigenvalue weighted by molar-refractivity contribution is -0.127. The molecule has 2 atom stereocenters. The molecule has 0 aromatic rings. The summed E-state index contributed by atoms with van der Waals surface area (Å²) in [5.74, 6) is 0.0309. The minimum Gasteiger partial charge on any atom is -0.354 e. The van der Waals surface area contributed by atoms with Crippen molar-refractivity contribution in [1.29, 1.82) is 0 Å². The van der Waals surface area contributed by atoms with Crippen LogP contribution in [-0.2, 0) is 9.59 Å². The van der Waals surface area contributed by atoms with Gasteiger partial charge in [0.2, 0.25) is 11.8 Å². The number of amides is 2. The van der Waals surface area contributed by atoms with Crippen LogP contribution in [0.25, 0.3) is 0 Å². The van der Waals surface area contributed by atoms with Crippen molar-refractivity contribution in [2.45, 2.75) is 64.5 Å². The van der Waals surface area contributed by atoms with Crippen molar-refractivity contribution in [1.82, 2.24) is 16.0 Å². The molecule has 0 spiro atoms. The highest BCUT2D eigenvalue weighted by Crippen LogP contribution is 2.22. The van der Waals surface area contributed by atoms with Gasteiger partial charge < -0.3 is 16.0 Å². The third-order valence-electron chi connectivity index (χ3n) is 3.94. The van der Waals surface area contributed by atoms with Crippen LogP contribution >= 0.6 is 0 Å². The average molecular weight is 269 g/mol.